The molecule has 0 aliphatic rings. The summed E-state index contributed by atoms with van der Waals surface area (Å²) in [5.74, 6) is -1.70. The number of carbonyl (C=O) groups is 3. The minimum absolute atomic E-state index is 0.0514. The van der Waals surface area contributed by atoms with Crippen LogP contribution in [0.2, 0.25) is 5.02 Å². The van der Waals surface area contributed by atoms with Crippen molar-refractivity contribution in [2.24, 2.45) is 0 Å². The Labute approximate surface area is 168 Å². The molecule has 0 aliphatic heterocycles. The van der Waals surface area contributed by atoms with Crippen LogP contribution in [-0.4, -0.2) is 23.9 Å². The fourth-order valence-corrected chi connectivity index (χ4v) is 2.50. The highest BCUT2D eigenvalue weighted by Gasteiger charge is 2.21. The minimum Gasteiger partial charge on any atom is -0.448 e. The molecule has 7 heteroatoms. The van der Waals surface area contributed by atoms with Gasteiger partial charge in [-0.05, 0) is 30.2 Å². The highest BCUT2D eigenvalue weighted by atomic mass is 35.5. The summed E-state index contributed by atoms with van der Waals surface area (Å²) >= 11 is 6.05. The van der Waals surface area contributed by atoms with Crippen LogP contribution in [-0.2, 0) is 25.7 Å². The summed E-state index contributed by atoms with van der Waals surface area (Å²) < 4.78 is 5.20. The number of amides is 2. The van der Waals surface area contributed by atoms with Gasteiger partial charge in [0.15, 0.2) is 6.10 Å². The van der Waals surface area contributed by atoms with Crippen LogP contribution < -0.4 is 10.6 Å². The highest BCUT2D eigenvalue weighted by molar-refractivity contribution is 6.31. The zero-order valence-corrected chi connectivity index (χ0v) is 16.3. The van der Waals surface area contributed by atoms with Gasteiger partial charge in [-0.3, -0.25) is 9.59 Å². The van der Waals surface area contributed by atoms with Gasteiger partial charge < -0.3 is 15.4 Å². The van der Waals surface area contributed by atoms with Crippen molar-refractivity contribution in [1.82, 2.24) is 10.6 Å². The molecule has 0 aliphatic carbocycles. The van der Waals surface area contributed by atoms with Crippen LogP contribution in [0.3, 0.4) is 0 Å². The Hall–Kier alpha value is -3.12. The number of hydrogen-bond acceptors (Lipinski definition) is 4. The van der Waals surface area contributed by atoms with E-state index in [0.29, 0.717) is 10.6 Å². The van der Waals surface area contributed by atoms with Gasteiger partial charge in [0.2, 0.25) is 5.91 Å². The number of esters is 1. The molecule has 0 spiro atoms. The molecular formula is C21H21ClN2O4. The first-order chi connectivity index (χ1) is 13.4. The lowest BCUT2D eigenvalue weighted by Gasteiger charge is -2.15. The molecule has 0 bridgehead atoms. The first-order valence-corrected chi connectivity index (χ1v) is 9.01. The van der Waals surface area contributed by atoms with E-state index >= 15 is 0 Å². The van der Waals surface area contributed by atoms with E-state index in [-0.39, 0.29) is 12.2 Å². The molecule has 2 aromatic carbocycles. The van der Waals surface area contributed by atoms with Gasteiger partial charge in [-0.25, -0.2) is 4.79 Å². The molecule has 0 fully saturated rings. The summed E-state index contributed by atoms with van der Waals surface area (Å²) in [6, 6.07) is 16.1. The van der Waals surface area contributed by atoms with E-state index in [2.05, 4.69) is 10.6 Å². The van der Waals surface area contributed by atoms with Gasteiger partial charge in [0.1, 0.15) is 5.70 Å². The molecule has 1 atom stereocenters. The average Bonchev–Trinajstić information content (AvgIpc) is 2.67. The van der Waals surface area contributed by atoms with Crippen LogP contribution in [0, 0.1) is 0 Å². The van der Waals surface area contributed by atoms with Gasteiger partial charge in [-0.2, -0.15) is 0 Å². The normalized spacial score (nSPS) is 12.0. The maximum Gasteiger partial charge on any atom is 0.355 e. The van der Waals surface area contributed by atoms with Crippen molar-refractivity contribution in [3.8, 4) is 0 Å². The molecule has 2 amide bonds. The van der Waals surface area contributed by atoms with Crippen LogP contribution in [0.4, 0.5) is 0 Å². The highest BCUT2D eigenvalue weighted by Crippen LogP contribution is 2.14. The van der Waals surface area contributed by atoms with Crippen LogP contribution in [0.25, 0.3) is 6.08 Å². The molecule has 2 rings (SSSR count). The third-order valence-electron chi connectivity index (χ3n) is 3.71. The molecule has 0 radical (unpaired) electrons. The molecular weight excluding hydrogens is 380 g/mol. The Morgan fingerprint density at radius 3 is 2.36 bits per heavy atom. The van der Waals surface area contributed by atoms with E-state index in [1.807, 2.05) is 12.1 Å². The Morgan fingerprint density at radius 2 is 1.71 bits per heavy atom. The Kier molecular flexibility index (Phi) is 7.77. The topological polar surface area (TPSA) is 84.5 Å². The lowest BCUT2D eigenvalue weighted by molar-refractivity contribution is -0.151. The van der Waals surface area contributed by atoms with Gasteiger partial charge >= 0.3 is 5.97 Å². The smallest absolute Gasteiger partial charge is 0.355 e. The van der Waals surface area contributed by atoms with E-state index in [1.54, 1.807) is 42.5 Å². The first-order valence-electron chi connectivity index (χ1n) is 8.63. The fourth-order valence-electron chi connectivity index (χ4n) is 2.30. The molecule has 146 valence electrons. The van der Waals surface area contributed by atoms with E-state index < -0.39 is 23.9 Å². The van der Waals surface area contributed by atoms with Crippen molar-refractivity contribution < 1.29 is 19.1 Å². The molecule has 28 heavy (non-hydrogen) atoms. The number of halogens is 1. The van der Waals surface area contributed by atoms with Crippen LogP contribution >= 0.6 is 11.6 Å². The number of ether oxygens (including phenoxy) is 1. The van der Waals surface area contributed by atoms with Crippen molar-refractivity contribution in [3.63, 3.8) is 0 Å². The average molecular weight is 401 g/mol. The predicted molar refractivity (Wildman–Crippen MR) is 107 cm³/mol. The van der Waals surface area contributed by atoms with Gasteiger partial charge in [-0.15, -0.1) is 0 Å². The predicted octanol–water partition coefficient (Wildman–Crippen LogP) is 3.07. The van der Waals surface area contributed by atoms with Crippen molar-refractivity contribution in [2.45, 2.75) is 26.5 Å². The quantitative estimate of drug-likeness (QED) is 0.552. The van der Waals surface area contributed by atoms with Gasteiger partial charge in [0, 0.05) is 18.5 Å². The lowest BCUT2D eigenvalue weighted by Crippen LogP contribution is -2.37. The Morgan fingerprint density at radius 1 is 1.07 bits per heavy atom. The zero-order chi connectivity index (χ0) is 20.5. The van der Waals surface area contributed by atoms with Crippen molar-refractivity contribution in [3.05, 3.63) is 76.4 Å². The van der Waals surface area contributed by atoms with E-state index in [1.165, 1.54) is 19.9 Å². The standard InChI is InChI=1S/C21H21ClN2O4/c1-14(20(26)23-13-17-10-6-7-11-18(17)22)28-21(27)19(24-15(2)25)12-16-8-4-3-5-9-16/h3-12,14H,13H2,1-2H3,(H,23,26)(H,24,25)/b19-12-/t14-/m1/s1. The summed E-state index contributed by atoms with van der Waals surface area (Å²) in [4.78, 5) is 36.1. The maximum atomic E-state index is 12.4. The molecule has 0 unspecified atom stereocenters. The number of rotatable bonds is 7. The van der Waals surface area contributed by atoms with E-state index in [0.717, 1.165) is 5.56 Å². The largest absolute Gasteiger partial charge is 0.448 e. The van der Waals surface area contributed by atoms with Crippen molar-refractivity contribution in [2.75, 3.05) is 0 Å². The van der Waals surface area contributed by atoms with Gasteiger partial charge in [0.05, 0.1) is 0 Å². The summed E-state index contributed by atoms with van der Waals surface area (Å²) in [6.07, 6.45) is 0.431. The second-order valence-electron chi connectivity index (χ2n) is 6.01. The SMILES string of the molecule is CC(=O)N/C(=C\c1ccccc1)C(=O)O[C@H](C)C(=O)NCc1ccccc1Cl. The van der Waals surface area contributed by atoms with Crippen molar-refractivity contribution >= 4 is 35.5 Å². The second kappa shape index (κ2) is 10.3. The maximum absolute atomic E-state index is 12.4. The number of carbonyl (C=O) groups excluding carboxylic acids is 3. The summed E-state index contributed by atoms with van der Waals surface area (Å²) in [7, 11) is 0. The monoisotopic (exact) mass is 400 g/mol. The third kappa shape index (κ3) is 6.55. The summed E-state index contributed by atoms with van der Waals surface area (Å²) in [5.41, 5.74) is 1.41. The molecule has 0 saturated heterocycles. The lowest BCUT2D eigenvalue weighted by atomic mass is 10.2. The molecule has 0 heterocycles. The summed E-state index contributed by atoms with van der Waals surface area (Å²) in [5, 5.41) is 5.64. The number of nitrogens with one attached hydrogen (secondary N) is 2. The summed E-state index contributed by atoms with van der Waals surface area (Å²) in [6.45, 7) is 2.94. The number of benzene rings is 2. The molecule has 2 aromatic rings. The molecule has 6 nitrogen and oxygen atoms in total. The molecule has 0 aromatic heterocycles. The molecule has 2 N–H and O–H groups in total. The number of hydrogen-bond donors (Lipinski definition) is 2. The first kappa shape index (κ1) is 21.2. The fraction of sp³-hybridized carbons (Fsp3) is 0.190. The van der Waals surface area contributed by atoms with E-state index in [9.17, 15) is 14.4 Å². The third-order valence-corrected chi connectivity index (χ3v) is 4.07. The Balaban J connectivity index is 2.01. The van der Waals surface area contributed by atoms with Crippen LogP contribution in [0.5, 0.6) is 0 Å². The van der Waals surface area contributed by atoms with Gasteiger partial charge in [-0.1, -0.05) is 60.1 Å². The van der Waals surface area contributed by atoms with Crippen molar-refractivity contribution in [1.29, 1.82) is 0 Å². The minimum atomic E-state index is -1.05. The van der Waals surface area contributed by atoms with Gasteiger partial charge in [0.25, 0.3) is 5.91 Å². The zero-order valence-electron chi connectivity index (χ0n) is 15.6. The van der Waals surface area contributed by atoms with E-state index in [4.69, 9.17) is 16.3 Å². The Bertz CT molecular complexity index is 881. The molecule has 0 saturated carbocycles. The van der Waals surface area contributed by atoms with Crippen LogP contribution in [0.15, 0.2) is 60.3 Å². The van der Waals surface area contributed by atoms with Crippen LogP contribution in [0.1, 0.15) is 25.0 Å². The second-order valence-corrected chi connectivity index (χ2v) is 6.41.